The molecule has 100 valence electrons. The van der Waals surface area contributed by atoms with E-state index < -0.39 is 0 Å². The number of nitrogens with zero attached hydrogens (tertiary/aromatic N) is 1. The van der Waals surface area contributed by atoms with Gasteiger partial charge < -0.3 is 5.32 Å². The molecule has 0 radical (unpaired) electrons. The third-order valence-corrected chi connectivity index (χ3v) is 6.03. The van der Waals surface area contributed by atoms with Crippen LogP contribution in [0.25, 0.3) is 0 Å². The lowest BCUT2D eigenvalue weighted by atomic mass is 9.98. The monoisotopic (exact) mass is 328 g/mol. The highest BCUT2D eigenvalue weighted by atomic mass is 79.9. The van der Waals surface area contributed by atoms with Crippen LogP contribution in [0.4, 0.5) is 0 Å². The number of halogens is 1. The molecule has 0 saturated carbocycles. The lowest BCUT2D eigenvalue weighted by molar-refractivity contribution is 0.142. The van der Waals surface area contributed by atoms with E-state index in [4.69, 9.17) is 0 Å². The van der Waals surface area contributed by atoms with E-state index in [1.165, 1.54) is 41.6 Å². The molecular weight excluding hydrogens is 308 g/mol. The summed E-state index contributed by atoms with van der Waals surface area (Å²) < 4.78 is 1.23. The largest absolute Gasteiger partial charge is 0.311 e. The molecule has 0 amide bonds. The maximum absolute atomic E-state index is 3.74. The van der Waals surface area contributed by atoms with Crippen molar-refractivity contribution in [2.75, 3.05) is 6.54 Å². The first-order valence-corrected chi connectivity index (χ1v) is 8.65. The Morgan fingerprint density at radius 3 is 2.67 bits per heavy atom. The molecule has 2 bridgehead atoms. The Hall–Kier alpha value is 0.1000. The molecular formula is C14H21BrN2S. The molecule has 2 unspecified atom stereocenters. The van der Waals surface area contributed by atoms with Gasteiger partial charge >= 0.3 is 0 Å². The van der Waals surface area contributed by atoms with Gasteiger partial charge in [0.25, 0.3) is 0 Å². The molecule has 0 aliphatic carbocycles. The van der Waals surface area contributed by atoms with Gasteiger partial charge in [-0.25, -0.2) is 0 Å². The number of hydrogen-bond donors (Lipinski definition) is 1. The standard InChI is InChI=1S/C14H21BrN2S/c1-2-17(8-14-5-10(15)9-18-14)13-6-11-3-4-12(7-13)16-11/h5,9,11-13,16H,2-4,6-8H2,1H3. The molecule has 3 rings (SSSR count). The highest BCUT2D eigenvalue weighted by molar-refractivity contribution is 9.10. The summed E-state index contributed by atoms with van der Waals surface area (Å²) in [6.07, 6.45) is 5.47. The van der Waals surface area contributed by atoms with Gasteiger partial charge in [0, 0.05) is 39.4 Å². The van der Waals surface area contributed by atoms with Crippen LogP contribution >= 0.6 is 27.3 Å². The number of hydrogen-bond acceptors (Lipinski definition) is 3. The van der Waals surface area contributed by atoms with Crippen LogP contribution in [0.5, 0.6) is 0 Å². The van der Waals surface area contributed by atoms with E-state index in [0.29, 0.717) is 0 Å². The van der Waals surface area contributed by atoms with Gasteiger partial charge in [-0.3, -0.25) is 4.90 Å². The fourth-order valence-corrected chi connectivity index (χ4v) is 4.94. The normalized spacial score (nSPS) is 31.2. The third kappa shape index (κ3) is 2.82. The zero-order chi connectivity index (χ0) is 12.5. The van der Waals surface area contributed by atoms with Crippen LogP contribution < -0.4 is 5.32 Å². The van der Waals surface area contributed by atoms with Crippen molar-refractivity contribution in [3.8, 4) is 0 Å². The molecule has 18 heavy (non-hydrogen) atoms. The topological polar surface area (TPSA) is 15.3 Å². The predicted octanol–water partition coefficient (Wildman–Crippen LogP) is 3.62. The van der Waals surface area contributed by atoms with Crippen molar-refractivity contribution in [1.29, 1.82) is 0 Å². The highest BCUT2D eigenvalue weighted by Gasteiger charge is 2.35. The maximum atomic E-state index is 3.74. The highest BCUT2D eigenvalue weighted by Crippen LogP contribution is 2.31. The van der Waals surface area contributed by atoms with Gasteiger partial charge in [-0.1, -0.05) is 6.92 Å². The van der Waals surface area contributed by atoms with Gasteiger partial charge in [0.2, 0.25) is 0 Å². The minimum absolute atomic E-state index is 0.787. The Balaban J connectivity index is 1.65. The van der Waals surface area contributed by atoms with E-state index in [-0.39, 0.29) is 0 Å². The first-order valence-electron chi connectivity index (χ1n) is 6.97. The molecule has 0 spiro atoms. The molecule has 2 saturated heterocycles. The summed E-state index contributed by atoms with van der Waals surface area (Å²) in [7, 11) is 0. The molecule has 2 atom stereocenters. The van der Waals surface area contributed by atoms with Gasteiger partial charge in [0.05, 0.1) is 0 Å². The second-order valence-corrected chi connectivity index (χ2v) is 7.47. The van der Waals surface area contributed by atoms with Crippen LogP contribution in [0.3, 0.4) is 0 Å². The summed E-state index contributed by atoms with van der Waals surface area (Å²) in [4.78, 5) is 4.15. The molecule has 4 heteroatoms. The summed E-state index contributed by atoms with van der Waals surface area (Å²) >= 11 is 5.42. The Kier molecular flexibility index (Phi) is 4.09. The zero-order valence-electron chi connectivity index (χ0n) is 10.9. The fourth-order valence-electron chi connectivity index (χ4n) is 3.46. The van der Waals surface area contributed by atoms with Crippen LogP contribution in [0.1, 0.15) is 37.5 Å². The maximum Gasteiger partial charge on any atom is 0.0331 e. The number of nitrogens with one attached hydrogen (secondary N) is 1. The van der Waals surface area contributed by atoms with Crippen LogP contribution in [-0.2, 0) is 6.54 Å². The van der Waals surface area contributed by atoms with Crippen molar-refractivity contribution in [3.05, 3.63) is 20.8 Å². The van der Waals surface area contributed by atoms with E-state index in [1.807, 2.05) is 11.3 Å². The van der Waals surface area contributed by atoms with E-state index in [1.54, 1.807) is 0 Å². The fraction of sp³-hybridized carbons (Fsp3) is 0.714. The number of rotatable bonds is 4. The van der Waals surface area contributed by atoms with Gasteiger partial charge in [0.1, 0.15) is 0 Å². The number of thiophene rings is 1. The lowest BCUT2D eigenvalue weighted by Crippen LogP contribution is -2.47. The molecule has 2 fully saturated rings. The van der Waals surface area contributed by atoms with E-state index in [2.05, 4.69) is 44.5 Å². The predicted molar refractivity (Wildman–Crippen MR) is 81.1 cm³/mol. The lowest BCUT2D eigenvalue weighted by Gasteiger charge is -2.37. The van der Waals surface area contributed by atoms with Crippen molar-refractivity contribution < 1.29 is 0 Å². The van der Waals surface area contributed by atoms with Crippen molar-refractivity contribution in [1.82, 2.24) is 10.2 Å². The molecule has 1 N–H and O–H groups in total. The first-order chi connectivity index (χ1) is 8.74. The summed E-state index contributed by atoms with van der Waals surface area (Å²) in [6, 6.07) is 4.63. The number of fused-ring (bicyclic) bond motifs is 2. The van der Waals surface area contributed by atoms with E-state index in [0.717, 1.165) is 24.7 Å². The van der Waals surface area contributed by atoms with Crippen LogP contribution in [0, 0.1) is 0 Å². The second kappa shape index (κ2) is 5.61. The average molecular weight is 329 g/mol. The number of piperidine rings is 1. The van der Waals surface area contributed by atoms with Gasteiger partial charge in [-0.2, -0.15) is 0 Å². The van der Waals surface area contributed by atoms with Crippen molar-refractivity contribution in [3.63, 3.8) is 0 Å². The summed E-state index contributed by atoms with van der Waals surface area (Å²) in [5, 5.41) is 5.93. The Morgan fingerprint density at radius 2 is 2.11 bits per heavy atom. The van der Waals surface area contributed by atoms with Crippen LogP contribution in [0.2, 0.25) is 0 Å². The van der Waals surface area contributed by atoms with Crippen molar-refractivity contribution in [2.24, 2.45) is 0 Å². The smallest absolute Gasteiger partial charge is 0.0331 e. The van der Waals surface area contributed by atoms with Crippen molar-refractivity contribution >= 4 is 27.3 Å². The first kappa shape index (κ1) is 13.1. The van der Waals surface area contributed by atoms with Crippen molar-refractivity contribution in [2.45, 2.75) is 57.3 Å². The van der Waals surface area contributed by atoms with Gasteiger partial charge in [-0.05, 0) is 54.2 Å². The Labute approximate surface area is 122 Å². The minimum atomic E-state index is 0.787. The summed E-state index contributed by atoms with van der Waals surface area (Å²) in [6.45, 7) is 4.59. The zero-order valence-corrected chi connectivity index (χ0v) is 13.3. The molecule has 1 aromatic rings. The molecule has 2 aliphatic rings. The molecule has 0 aromatic carbocycles. The average Bonchev–Trinajstić information content (AvgIpc) is 2.92. The molecule has 1 aromatic heterocycles. The second-order valence-electron chi connectivity index (χ2n) is 5.56. The Bertz CT molecular complexity index is 394. The third-order valence-electron chi connectivity index (χ3n) is 4.35. The van der Waals surface area contributed by atoms with Gasteiger partial charge in [-0.15, -0.1) is 11.3 Å². The molecule has 2 aliphatic heterocycles. The SMILES string of the molecule is CCN(Cc1cc(Br)cs1)C1CC2CCC(C1)N2. The minimum Gasteiger partial charge on any atom is -0.311 e. The molecule has 3 heterocycles. The van der Waals surface area contributed by atoms with Crippen LogP contribution in [0.15, 0.2) is 15.9 Å². The Morgan fingerprint density at radius 1 is 1.39 bits per heavy atom. The summed E-state index contributed by atoms with van der Waals surface area (Å²) in [5.41, 5.74) is 0. The van der Waals surface area contributed by atoms with E-state index >= 15 is 0 Å². The quantitative estimate of drug-likeness (QED) is 0.908. The van der Waals surface area contributed by atoms with Gasteiger partial charge in [0.15, 0.2) is 0 Å². The van der Waals surface area contributed by atoms with Crippen LogP contribution in [-0.4, -0.2) is 29.6 Å². The molecule has 2 nitrogen and oxygen atoms in total. The van der Waals surface area contributed by atoms with E-state index in [9.17, 15) is 0 Å². The summed E-state index contributed by atoms with van der Waals surface area (Å²) in [5.74, 6) is 0.